The highest BCUT2D eigenvalue weighted by atomic mass is 19.3. The Kier molecular flexibility index (Phi) is 5.46. The molecule has 0 unspecified atom stereocenters. The van der Waals surface area contributed by atoms with Crippen molar-refractivity contribution in [1.29, 1.82) is 0 Å². The van der Waals surface area contributed by atoms with Crippen molar-refractivity contribution in [2.24, 2.45) is 0 Å². The molecule has 3 aromatic rings. The average molecular weight is 359 g/mol. The number of aromatic nitrogens is 2. The lowest BCUT2D eigenvalue weighted by molar-refractivity contribution is -0.121. The zero-order chi connectivity index (χ0) is 18.5. The Morgan fingerprint density at radius 3 is 2.65 bits per heavy atom. The van der Waals surface area contributed by atoms with Crippen LogP contribution in [-0.4, -0.2) is 28.6 Å². The number of ether oxygens (including phenoxy) is 1. The minimum Gasteiger partial charge on any atom is -0.435 e. The van der Waals surface area contributed by atoms with Crippen LogP contribution in [0.15, 0.2) is 48.5 Å². The number of fused-ring (bicyclic) bond motifs is 1. The van der Waals surface area contributed by atoms with Gasteiger partial charge < -0.3 is 14.6 Å². The van der Waals surface area contributed by atoms with Gasteiger partial charge in [-0.05, 0) is 43.2 Å². The van der Waals surface area contributed by atoms with Crippen molar-refractivity contribution >= 4 is 16.9 Å². The van der Waals surface area contributed by atoms with Crippen LogP contribution in [0.4, 0.5) is 8.78 Å². The maximum Gasteiger partial charge on any atom is 0.387 e. The molecule has 0 spiro atoms. The van der Waals surface area contributed by atoms with Gasteiger partial charge in [-0.15, -0.1) is 0 Å². The SMILES string of the molecule is Cc1nc2ccccc2n1CC(=O)NCCc1ccc(OC(F)F)cc1. The first-order valence-electron chi connectivity index (χ1n) is 8.25. The van der Waals surface area contributed by atoms with E-state index in [1.165, 1.54) is 12.1 Å². The topological polar surface area (TPSA) is 56.2 Å². The summed E-state index contributed by atoms with van der Waals surface area (Å²) in [4.78, 5) is 16.6. The monoisotopic (exact) mass is 359 g/mol. The smallest absolute Gasteiger partial charge is 0.387 e. The predicted molar refractivity (Wildman–Crippen MR) is 94.3 cm³/mol. The van der Waals surface area contributed by atoms with Gasteiger partial charge in [0.1, 0.15) is 18.1 Å². The molecule has 1 amide bonds. The number of rotatable bonds is 7. The van der Waals surface area contributed by atoms with Crippen molar-refractivity contribution < 1.29 is 18.3 Å². The van der Waals surface area contributed by atoms with Crippen LogP contribution in [0.1, 0.15) is 11.4 Å². The van der Waals surface area contributed by atoms with Crippen LogP contribution in [0.5, 0.6) is 5.75 Å². The number of para-hydroxylation sites is 2. The molecule has 136 valence electrons. The van der Waals surface area contributed by atoms with Gasteiger partial charge in [0.05, 0.1) is 11.0 Å². The molecule has 1 aromatic heterocycles. The van der Waals surface area contributed by atoms with E-state index >= 15 is 0 Å². The number of halogens is 2. The van der Waals surface area contributed by atoms with Gasteiger partial charge in [-0.3, -0.25) is 4.79 Å². The van der Waals surface area contributed by atoms with Gasteiger partial charge in [0.25, 0.3) is 0 Å². The van der Waals surface area contributed by atoms with Crippen LogP contribution >= 0.6 is 0 Å². The summed E-state index contributed by atoms with van der Waals surface area (Å²) in [6.45, 7) is -0.300. The van der Waals surface area contributed by atoms with Gasteiger partial charge in [0.15, 0.2) is 0 Å². The lowest BCUT2D eigenvalue weighted by Gasteiger charge is -2.09. The molecule has 0 bridgehead atoms. The van der Waals surface area contributed by atoms with Crippen LogP contribution in [0.3, 0.4) is 0 Å². The molecule has 0 radical (unpaired) electrons. The van der Waals surface area contributed by atoms with Crippen LogP contribution < -0.4 is 10.1 Å². The summed E-state index contributed by atoms with van der Waals surface area (Å²) in [6.07, 6.45) is 0.602. The molecule has 26 heavy (non-hydrogen) atoms. The number of imidazole rings is 1. The number of amides is 1. The highest BCUT2D eigenvalue weighted by Crippen LogP contribution is 2.16. The van der Waals surface area contributed by atoms with E-state index in [0.29, 0.717) is 13.0 Å². The van der Waals surface area contributed by atoms with Crippen molar-refractivity contribution in [3.63, 3.8) is 0 Å². The molecule has 0 saturated carbocycles. The van der Waals surface area contributed by atoms with Crippen LogP contribution in [-0.2, 0) is 17.8 Å². The molecular formula is C19H19F2N3O2. The van der Waals surface area contributed by atoms with Crippen LogP contribution in [0.25, 0.3) is 11.0 Å². The second-order valence-corrected chi connectivity index (χ2v) is 5.86. The van der Waals surface area contributed by atoms with Crippen LogP contribution in [0, 0.1) is 6.92 Å². The van der Waals surface area contributed by atoms with E-state index in [9.17, 15) is 13.6 Å². The van der Waals surface area contributed by atoms with E-state index in [0.717, 1.165) is 22.4 Å². The first-order chi connectivity index (χ1) is 12.5. The standard InChI is InChI=1S/C19H19F2N3O2/c1-13-23-16-4-2-3-5-17(16)24(13)12-18(25)22-11-10-14-6-8-15(9-7-14)26-19(20)21/h2-9,19H,10-12H2,1H3,(H,22,25). The molecule has 0 fully saturated rings. The van der Waals surface area contributed by atoms with E-state index in [1.54, 1.807) is 12.1 Å². The summed E-state index contributed by atoms with van der Waals surface area (Å²) in [5.41, 5.74) is 2.72. The molecule has 7 heteroatoms. The summed E-state index contributed by atoms with van der Waals surface area (Å²) in [7, 11) is 0. The summed E-state index contributed by atoms with van der Waals surface area (Å²) in [5, 5.41) is 2.87. The van der Waals surface area contributed by atoms with Gasteiger partial charge in [0.2, 0.25) is 5.91 Å². The number of hydrogen-bond acceptors (Lipinski definition) is 3. The van der Waals surface area contributed by atoms with Crippen LogP contribution in [0.2, 0.25) is 0 Å². The molecule has 0 aliphatic heterocycles. The minimum atomic E-state index is -2.83. The van der Waals surface area contributed by atoms with Crippen molar-refractivity contribution in [3.05, 3.63) is 59.9 Å². The Hall–Kier alpha value is -2.96. The first-order valence-corrected chi connectivity index (χ1v) is 8.25. The molecule has 1 N–H and O–H groups in total. The minimum absolute atomic E-state index is 0.103. The normalized spacial score (nSPS) is 11.1. The molecule has 1 heterocycles. The van der Waals surface area contributed by atoms with Gasteiger partial charge in [-0.1, -0.05) is 24.3 Å². The third-order valence-electron chi connectivity index (χ3n) is 4.03. The Morgan fingerprint density at radius 2 is 1.92 bits per heavy atom. The largest absolute Gasteiger partial charge is 0.435 e. The van der Waals surface area contributed by atoms with E-state index in [-0.39, 0.29) is 18.2 Å². The maximum absolute atomic E-state index is 12.2. The maximum atomic E-state index is 12.2. The number of carbonyl (C=O) groups excluding carboxylic acids is 1. The molecule has 0 atom stereocenters. The number of alkyl halides is 2. The number of benzene rings is 2. The Bertz CT molecular complexity index is 891. The molecule has 0 saturated heterocycles. The third kappa shape index (κ3) is 4.36. The molecular weight excluding hydrogens is 340 g/mol. The summed E-state index contributed by atoms with van der Waals surface area (Å²) in [5.74, 6) is 0.806. The Balaban J connectivity index is 1.52. The predicted octanol–water partition coefficient (Wildman–Crippen LogP) is 3.31. The third-order valence-corrected chi connectivity index (χ3v) is 4.03. The number of nitrogens with one attached hydrogen (secondary N) is 1. The lowest BCUT2D eigenvalue weighted by Crippen LogP contribution is -2.29. The van der Waals surface area contributed by atoms with E-state index < -0.39 is 6.61 Å². The van der Waals surface area contributed by atoms with Crippen molar-refractivity contribution in [2.75, 3.05) is 6.54 Å². The zero-order valence-corrected chi connectivity index (χ0v) is 14.3. The number of aryl methyl sites for hydroxylation is 1. The fourth-order valence-corrected chi connectivity index (χ4v) is 2.78. The van der Waals surface area contributed by atoms with Gasteiger partial charge >= 0.3 is 6.61 Å². The summed E-state index contributed by atoms with van der Waals surface area (Å²) in [6, 6.07) is 14.1. The molecule has 5 nitrogen and oxygen atoms in total. The van der Waals surface area contributed by atoms with E-state index in [2.05, 4.69) is 15.0 Å². The van der Waals surface area contributed by atoms with Gasteiger partial charge in [-0.25, -0.2) is 4.98 Å². The molecule has 0 aliphatic rings. The van der Waals surface area contributed by atoms with E-state index in [1.807, 2.05) is 35.8 Å². The summed E-state index contributed by atoms with van der Waals surface area (Å²) < 4.78 is 30.4. The fraction of sp³-hybridized carbons (Fsp3) is 0.263. The second-order valence-electron chi connectivity index (χ2n) is 5.86. The molecule has 3 rings (SSSR count). The fourth-order valence-electron chi connectivity index (χ4n) is 2.78. The highest BCUT2D eigenvalue weighted by Gasteiger charge is 2.10. The first kappa shape index (κ1) is 17.8. The number of nitrogens with zero attached hydrogens (tertiary/aromatic N) is 2. The Labute approximate surface area is 149 Å². The average Bonchev–Trinajstić information content (AvgIpc) is 2.92. The quantitative estimate of drug-likeness (QED) is 0.704. The van der Waals surface area contributed by atoms with E-state index in [4.69, 9.17) is 0 Å². The number of carbonyl (C=O) groups is 1. The Morgan fingerprint density at radius 1 is 1.19 bits per heavy atom. The highest BCUT2D eigenvalue weighted by molar-refractivity contribution is 5.81. The molecule has 0 aliphatic carbocycles. The van der Waals surface area contributed by atoms with Crippen molar-refractivity contribution in [1.82, 2.24) is 14.9 Å². The second kappa shape index (κ2) is 7.95. The van der Waals surface area contributed by atoms with Gasteiger partial charge in [0, 0.05) is 6.54 Å². The summed E-state index contributed by atoms with van der Waals surface area (Å²) >= 11 is 0. The van der Waals surface area contributed by atoms with Crippen molar-refractivity contribution in [2.45, 2.75) is 26.5 Å². The van der Waals surface area contributed by atoms with Gasteiger partial charge in [-0.2, -0.15) is 8.78 Å². The van der Waals surface area contributed by atoms with Crippen molar-refractivity contribution in [3.8, 4) is 5.75 Å². The zero-order valence-electron chi connectivity index (χ0n) is 14.3. The lowest BCUT2D eigenvalue weighted by atomic mass is 10.1. The molecule has 2 aromatic carbocycles. The number of hydrogen-bond donors (Lipinski definition) is 1.